The van der Waals surface area contributed by atoms with Crippen molar-refractivity contribution in [2.75, 3.05) is 0 Å². The molecule has 3 aromatic rings. The van der Waals surface area contributed by atoms with Gasteiger partial charge in [0.1, 0.15) is 24.2 Å². The van der Waals surface area contributed by atoms with Crippen LogP contribution < -0.4 is 9.46 Å². The number of hydrogen-bond donors (Lipinski definition) is 2. The van der Waals surface area contributed by atoms with E-state index in [0.717, 1.165) is 11.1 Å². The highest BCUT2D eigenvalue weighted by atomic mass is 32.2. The second kappa shape index (κ2) is 9.93. The van der Waals surface area contributed by atoms with E-state index in [1.807, 2.05) is 12.1 Å². The maximum Gasteiger partial charge on any atom is 0.322 e. The van der Waals surface area contributed by atoms with Gasteiger partial charge in [0, 0.05) is 5.56 Å². The van der Waals surface area contributed by atoms with E-state index in [0.29, 0.717) is 11.3 Å². The fraction of sp³-hybridized carbons (Fsp3) is 0.208. The zero-order valence-electron chi connectivity index (χ0n) is 17.7. The minimum atomic E-state index is -3.97. The quantitative estimate of drug-likeness (QED) is 0.495. The van der Waals surface area contributed by atoms with Gasteiger partial charge in [-0.1, -0.05) is 56.3 Å². The van der Waals surface area contributed by atoms with Gasteiger partial charge in [0.2, 0.25) is 10.0 Å². The Balaban J connectivity index is 1.69. The fourth-order valence-corrected chi connectivity index (χ4v) is 4.39. The van der Waals surface area contributed by atoms with Gasteiger partial charge in [0.15, 0.2) is 0 Å². The van der Waals surface area contributed by atoms with Crippen molar-refractivity contribution < 1.29 is 27.4 Å². The molecule has 168 valence electrons. The third kappa shape index (κ3) is 5.72. The molecule has 0 heterocycles. The Hall–Kier alpha value is -3.23. The van der Waals surface area contributed by atoms with E-state index >= 15 is 0 Å². The van der Waals surface area contributed by atoms with Crippen molar-refractivity contribution in [1.82, 2.24) is 4.72 Å². The Morgan fingerprint density at radius 3 is 2.06 bits per heavy atom. The SMILES string of the molecule is CC(C)C(NS(=O)(=O)c1ccc(-c2ccc(OCc3ccccc3F)cc2)cc1)C(=O)O. The van der Waals surface area contributed by atoms with Crippen LogP contribution in [0.3, 0.4) is 0 Å². The lowest BCUT2D eigenvalue weighted by atomic mass is 10.1. The fourth-order valence-electron chi connectivity index (χ4n) is 3.05. The van der Waals surface area contributed by atoms with E-state index in [2.05, 4.69) is 4.72 Å². The van der Waals surface area contributed by atoms with E-state index < -0.39 is 28.0 Å². The molecule has 0 bridgehead atoms. The predicted octanol–water partition coefficient (Wildman–Crippen LogP) is 4.46. The van der Waals surface area contributed by atoms with Gasteiger partial charge >= 0.3 is 5.97 Å². The molecule has 0 aromatic heterocycles. The number of carboxylic acid groups (broad SMARTS) is 1. The van der Waals surface area contributed by atoms with Gasteiger partial charge in [-0.2, -0.15) is 4.72 Å². The molecule has 0 fully saturated rings. The van der Waals surface area contributed by atoms with Crippen LogP contribution in [-0.2, 0) is 21.4 Å². The first-order chi connectivity index (χ1) is 15.2. The lowest BCUT2D eigenvalue weighted by Gasteiger charge is -2.18. The van der Waals surface area contributed by atoms with Gasteiger partial charge in [-0.25, -0.2) is 12.8 Å². The summed E-state index contributed by atoms with van der Waals surface area (Å²) in [6.45, 7) is 3.38. The van der Waals surface area contributed by atoms with E-state index in [1.54, 1.807) is 56.3 Å². The van der Waals surface area contributed by atoms with Crippen LogP contribution in [0.1, 0.15) is 19.4 Å². The van der Waals surface area contributed by atoms with Crippen molar-refractivity contribution >= 4 is 16.0 Å². The van der Waals surface area contributed by atoms with E-state index in [1.165, 1.54) is 18.2 Å². The maximum absolute atomic E-state index is 13.7. The highest BCUT2D eigenvalue weighted by Gasteiger charge is 2.27. The molecule has 6 nitrogen and oxygen atoms in total. The van der Waals surface area contributed by atoms with Crippen molar-refractivity contribution in [2.45, 2.75) is 31.4 Å². The number of benzene rings is 3. The van der Waals surface area contributed by atoms with Crippen molar-refractivity contribution in [1.29, 1.82) is 0 Å². The smallest absolute Gasteiger partial charge is 0.322 e. The molecule has 2 N–H and O–H groups in total. The number of ether oxygens (including phenoxy) is 1. The van der Waals surface area contributed by atoms with Crippen LogP contribution >= 0.6 is 0 Å². The summed E-state index contributed by atoms with van der Waals surface area (Å²) in [5.41, 5.74) is 2.08. The van der Waals surface area contributed by atoms with Crippen molar-refractivity contribution in [3.63, 3.8) is 0 Å². The molecule has 0 amide bonds. The van der Waals surface area contributed by atoms with Crippen LogP contribution in [0.25, 0.3) is 11.1 Å². The molecule has 0 aliphatic rings. The molecule has 1 atom stereocenters. The van der Waals surface area contributed by atoms with Gasteiger partial charge in [-0.05, 0) is 47.4 Å². The van der Waals surface area contributed by atoms with Gasteiger partial charge in [0.05, 0.1) is 4.90 Å². The predicted molar refractivity (Wildman–Crippen MR) is 119 cm³/mol. The first-order valence-corrected chi connectivity index (χ1v) is 11.5. The number of halogens is 1. The summed E-state index contributed by atoms with van der Waals surface area (Å²) >= 11 is 0. The van der Waals surface area contributed by atoms with Crippen LogP contribution in [0.2, 0.25) is 0 Å². The summed E-state index contributed by atoms with van der Waals surface area (Å²) in [5, 5.41) is 9.23. The second-order valence-electron chi connectivity index (χ2n) is 7.61. The van der Waals surface area contributed by atoms with E-state index in [9.17, 15) is 22.7 Å². The molecule has 8 heteroatoms. The molecule has 0 aliphatic heterocycles. The number of sulfonamides is 1. The molecule has 0 saturated heterocycles. The minimum Gasteiger partial charge on any atom is -0.489 e. The summed E-state index contributed by atoms with van der Waals surface area (Å²) in [5.74, 6) is -1.37. The molecule has 3 rings (SSSR count). The molecular weight excluding hydrogens is 433 g/mol. The lowest BCUT2D eigenvalue weighted by molar-refractivity contribution is -0.140. The highest BCUT2D eigenvalue weighted by molar-refractivity contribution is 7.89. The minimum absolute atomic E-state index is 0.0157. The number of carbonyl (C=O) groups is 1. The Labute approximate surface area is 186 Å². The first kappa shape index (κ1) is 23.4. The number of hydrogen-bond acceptors (Lipinski definition) is 4. The van der Waals surface area contributed by atoms with Crippen molar-refractivity contribution in [3.05, 3.63) is 84.2 Å². The molecule has 1 unspecified atom stereocenters. The monoisotopic (exact) mass is 457 g/mol. The Kier molecular flexibility index (Phi) is 7.27. The second-order valence-corrected chi connectivity index (χ2v) is 9.32. The van der Waals surface area contributed by atoms with E-state index in [4.69, 9.17) is 4.74 Å². The average molecular weight is 458 g/mol. The zero-order valence-corrected chi connectivity index (χ0v) is 18.5. The Bertz CT molecular complexity index is 1180. The number of rotatable bonds is 9. The summed E-state index contributed by atoms with van der Waals surface area (Å²) in [6.07, 6.45) is 0. The third-order valence-electron chi connectivity index (χ3n) is 4.92. The largest absolute Gasteiger partial charge is 0.489 e. The van der Waals surface area contributed by atoms with E-state index in [-0.39, 0.29) is 17.3 Å². The standard InChI is InChI=1S/C24H24FNO5S/c1-16(2)23(24(27)28)26-32(29,30)21-13-9-18(10-14-21)17-7-11-20(12-8-17)31-15-19-5-3-4-6-22(19)25/h3-14,16,23,26H,15H2,1-2H3,(H,27,28). The maximum atomic E-state index is 13.7. The number of nitrogens with one attached hydrogen (secondary N) is 1. The molecule has 0 spiro atoms. The molecule has 0 saturated carbocycles. The Morgan fingerprint density at radius 1 is 0.969 bits per heavy atom. The normalized spacial score (nSPS) is 12.5. The number of aliphatic carboxylic acids is 1. The lowest BCUT2D eigenvalue weighted by Crippen LogP contribution is -2.44. The average Bonchev–Trinajstić information content (AvgIpc) is 2.77. The zero-order chi connectivity index (χ0) is 23.3. The van der Waals surface area contributed by atoms with Gasteiger partial charge in [0.25, 0.3) is 0 Å². The van der Waals surface area contributed by atoms with Crippen molar-refractivity contribution in [2.24, 2.45) is 5.92 Å². The van der Waals surface area contributed by atoms with Crippen LogP contribution in [0.15, 0.2) is 77.7 Å². The van der Waals surface area contributed by atoms with Crippen LogP contribution in [0, 0.1) is 11.7 Å². The third-order valence-corrected chi connectivity index (χ3v) is 6.38. The summed E-state index contributed by atoms with van der Waals surface area (Å²) in [4.78, 5) is 11.3. The summed E-state index contributed by atoms with van der Waals surface area (Å²) < 4.78 is 46.6. The Morgan fingerprint density at radius 2 is 1.53 bits per heavy atom. The molecular formula is C24H24FNO5S. The first-order valence-electron chi connectivity index (χ1n) is 9.99. The highest BCUT2D eigenvalue weighted by Crippen LogP contribution is 2.25. The van der Waals surface area contributed by atoms with Gasteiger partial charge in [-0.15, -0.1) is 0 Å². The van der Waals surface area contributed by atoms with Gasteiger partial charge < -0.3 is 9.84 Å². The summed E-state index contributed by atoms with van der Waals surface area (Å²) in [6, 6.07) is 18.5. The molecule has 32 heavy (non-hydrogen) atoms. The van der Waals surface area contributed by atoms with Crippen molar-refractivity contribution in [3.8, 4) is 16.9 Å². The molecule has 0 aliphatic carbocycles. The van der Waals surface area contributed by atoms with Crippen LogP contribution in [-0.4, -0.2) is 25.5 Å². The van der Waals surface area contributed by atoms with Crippen LogP contribution in [0.5, 0.6) is 5.75 Å². The number of carboxylic acids is 1. The molecule has 3 aromatic carbocycles. The molecule has 0 radical (unpaired) electrons. The summed E-state index contributed by atoms with van der Waals surface area (Å²) in [7, 11) is -3.97. The van der Waals surface area contributed by atoms with Gasteiger partial charge in [-0.3, -0.25) is 4.79 Å². The topological polar surface area (TPSA) is 92.7 Å². The van der Waals surface area contributed by atoms with Crippen LogP contribution in [0.4, 0.5) is 4.39 Å².